The smallest absolute Gasteiger partial charge is 0.255 e. The molecule has 2 rings (SSSR count). The average Bonchev–Trinajstić information content (AvgIpc) is 2.55. The number of pyridine rings is 1. The number of carbonyl (C=O) groups excluding carboxylic acids is 1. The summed E-state index contributed by atoms with van der Waals surface area (Å²) in [5.74, 6) is -0.308. The Bertz CT molecular complexity index is 772. The Labute approximate surface area is 136 Å². The van der Waals surface area contributed by atoms with E-state index in [9.17, 15) is 13.2 Å². The maximum atomic E-state index is 12.4. The second-order valence-electron chi connectivity index (χ2n) is 5.33. The van der Waals surface area contributed by atoms with E-state index in [0.717, 1.165) is 0 Å². The highest BCUT2D eigenvalue weighted by molar-refractivity contribution is 7.89. The van der Waals surface area contributed by atoms with Gasteiger partial charge in [0.2, 0.25) is 10.0 Å². The fraction of sp³-hybridized carbons (Fsp3) is 0.250. The molecule has 0 fully saturated rings. The van der Waals surface area contributed by atoms with Gasteiger partial charge in [-0.3, -0.25) is 9.78 Å². The largest absolute Gasteiger partial charge is 0.322 e. The zero-order valence-electron chi connectivity index (χ0n) is 13.2. The van der Waals surface area contributed by atoms with Crippen LogP contribution in [0.2, 0.25) is 0 Å². The first kappa shape index (κ1) is 17.1. The summed E-state index contributed by atoms with van der Waals surface area (Å²) >= 11 is 0. The number of nitrogens with one attached hydrogen (secondary N) is 1. The number of nitrogens with zero attached hydrogens (tertiary/aromatic N) is 2. The lowest BCUT2D eigenvalue weighted by molar-refractivity contribution is 0.102. The summed E-state index contributed by atoms with van der Waals surface area (Å²) in [5, 5.41) is 2.72. The number of rotatable bonds is 5. The molecule has 0 aliphatic rings. The second-order valence-corrected chi connectivity index (χ2v) is 7.33. The number of amides is 1. The van der Waals surface area contributed by atoms with Gasteiger partial charge in [-0.25, -0.2) is 8.42 Å². The Morgan fingerprint density at radius 3 is 2.17 bits per heavy atom. The number of sulfonamides is 1. The predicted octanol–water partition coefficient (Wildman–Crippen LogP) is 2.36. The highest BCUT2D eigenvalue weighted by Gasteiger charge is 2.23. The van der Waals surface area contributed by atoms with Crippen molar-refractivity contribution in [2.45, 2.75) is 24.8 Å². The fourth-order valence-electron chi connectivity index (χ4n) is 1.86. The standard InChI is InChI=1S/C16H19N3O3S/c1-12(2)19(3)23(21,22)15-6-4-13(5-7-15)16(20)18-14-8-10-17-11-9-14/h4-12H,1-3H3,(H,17,18,20). The number of carbonyl (C=O) groups is 1. The third-order valence-corrected chi connectivity index (χ3v) is 5.51. The van der Waals surface area contributed by atoms with Gasteiger partial charge in [-0.15, -0.1) is 0 Å². The maximum absolute atomic E-state index is 12.4. The monoisotopic (exact) mass is 333 g/mol. The molecule has 7 heteroatoms. The van der Waals surface area contributed by atoms with Crippen molar-refractivity contribution >= 4 is 21.6 Å². The fourth-order valence-corrected chi connectivity index (χ4v) is 3.23. The predicted molar refractivity (Wildman–Crippen MR) is 88.7 cm³/mol. The van der Waals surface area contributed by atoms with Crippen molar-refractivity contribution in [3.63, 3.8) is 0 Å². The molecule has 0 aliphatic carbocycles. The van der Waals surface area contributed by atoms with Gasteiger partial charge in [0, 0.05) is 36.7 Å². The molecule has 1 aromatic heterocycles. The summed E-state index contributed by atoms with van der Waals surface area (Å²) in [6.45, 7) is 3.60. The molecule has 0 atom stereocenters. The minimum absolute atomic E-state index is 0.144. The number of anilines is 1. The summed E-state index contributed by atoms with van der Waals surface area (Å²) in [6, 6.07) is 9.08. The highest BCUT2D eigenvalue weighted by atomic mass is 32.2. The summed E-state index contributed by atoms with van der Waals surface area (Å²) < 4.78 is 26.0. The molecule has 23 heavy (non-hydrogen) atoms. The van der Waals surface area contributed by atoms with Crippen LogP contribution in [0.4, 0.5) is 5.69 Å². The van der Waals surface area contributed by atoms with Crippen LogP contribution >= 0.6 is 0 Å². The summed E-state index contributed by atoms with van der Waals surface area (Å²) in [4.78, 5) is 16.2. The SMILES string of the molecule is CC(C)N(C)S(=O)(=O)c1ccc(C(=O)Nc2ccncc2)cc1. The molecular weight excluding hydrogens is 314 g/mol. The summed E-state index contributed by atoms with van der Waals surface area (Å²) in [7, 11) is -2.01. The van der Waals surface area contributed by atoms with Crippen molar-refractivity contribution in [2.24, 2.45) is 0 Å². The maximum Gasteiger partial charge on any atom is 0.255 e. The first-order chi connectivity index (χ1) is 10.8. The van der Waals surface area contributed by atoms with Crippen LogP contribution in [0.5, 0.6) is 0 Å². The zero-order valence-corrected chi connectivity index (χ0v) is 14.0. The van der Waals surface area contributed by atoms with Gasteiger partial charge in [0.15, 0.2) is 0 Å². The van der Waals surface area contributed by atoms with E-state index in [2.05, 4.69) is 10.3 Å². The van der Waals surface area contributed by atoms with Crippen LogP contribution in [0, 0.1) is 0 Å². The lowest BCUT2D eigenvalue weighted by atomic mass is 10.2. The molecule has 0 bridgehead atoms. The minimum Gasteiger partial charge on any atom is -0.322 e. The molecule has 6 nitrogen and oxygen atoms in total. The normalized spacial score (nSPS) is 11.7. The van der Waals surface area contributed by atoms with Crippen LogP contribution in [-0.2, 0) is 10.0 Å². The van der Waals surface area contributed by atoms with Crippen LogP contribution in [-0.4, -0.2) is 36.7 Å². The first-order valence-electron chi connectivity index (χ1n) is 7.12. The lowest BCUT2D eigenvalue weighted by Crippen LogP contribution is -2.33. The Kier molecular flexibility index (Phi) is 5.12. The molecule has 0 radical (unpaired) electrons. The van der Waals surface area contributed by atoms with E-state index in [4.69, 9.17) is 0 Å². The van der Waals surface area contributed by atoms with Crippen molar-refractivity contribution in [1.29, 1.82) is 0 Å². The number of benzene rings is 1. The van der Waals surface area contributed by atoms with Gasteiger partial charge < -0.3 is 5.32 Å². The highest BCUT2D eigenvalue weighted by Crippen LogP contribution is 2.17. The summed E-state index contributed by atoms with van der Waals surface area (Å²) in [6.07, 6.45) is 3.15. The van der Waals surface area contributed by atoms with Crippen LogP contribution in [0.1, 0.15) is 24.2 Å². The lowest BCUT2D eigenvalue weighted by Gasteiger charge is -2.21. The molecule has 1 heterocycles. The molecule has 0 aliphatic heterocycles. The first-order valence-corrected chi connectivity index (χ1v) is 8.56. The van der Waals surface area contributed by atoms with Crippen LogP contribution < -0.4 is 5.32 Å². The topological polar surface area (TPSA) is 79.4 Å². The zero-order chi connectivity index (χ0) is 17.0. The van der Waals surface area contributed by atoms with Crippen molar-refractivity contribution in [2.75, 3.05) is 12.4 Å². The van der Waals surface area contributed by atoms with Crippen molar-refractivity contribution in [1.82, 2.24) is 9.29 Å². The molecular formula is C16H19N3O3S. The Morgan fingerprint density at radius 2 is 1.65 bits per heavy atom. The van der Waals surface area contributed by atoms with Gasteiger partial charge in [0.05, 0.1) is 4.90 Å². The van der Waals surface area contributed by atoms with Crippen LogP contribution in [0.3, 0.4) is 0 Å². The van der Waals surface area contributed by atoms with E-state index in [1.807, 2.05) is 0 Å². The summed E-state index contributed by atoms with van der Waals surface area (Å²) in [5.41, 5.74) is 1.01. The van der Waals surface area contributed by atoms with Crippen molar-refractivity contribution in [3.05, 3.63) is 54.4 Å². The van der Waals surface area contributed by atoms with Crippen LogP contribution in [0.25, 0.3) is 0 Å². The molecule has 1 aromatic carbocycles. The minimum atomic E-state index is -3.55. The van der Waals surface area contributed by atoms with Gasteiger partial charge in [-0.05, 0) is 50.2 Å². The van der Waals surface area contributed by atoms with Gasteiger partial charge in [-0.1, -0.05) is 0 Å². The van der Waals surface area contributed by atoms with Crippen molar-refractivity contribution in [3.8, 4) is 0 Å². The molecule has 2 aromatic rings. The number of hydrogen-bond acceptors (Lipinski definition) is 4. The quantitative estimate of drug-likeness (QED) is 0.911. The third kappa shape index (κ3) is 3.94. The van der Waals surface area contributed by atoms with E-state index in [1.54, 1.807) is 38.4 Å². The Balaban J connectivity index is 2.18. The molecule has 0 saturated heterocycles. The van der Waals surface area contributed by atoms with E-state index in [1.165, 1.54) is 35.6 Å². The number of hydrogen-bond donors (Lipinski definition) is 1. The third-order valence-electron chi connectivity index (χ3n) is 3.46. The van der Waals surface area contributed by atoms with E-state index >= 15 is 0 Å². The molecule has 1 N–H and O–H groups in total. The Hall–Kier alpha value is -2.25. The van der Waals surface area contributed by atoms with Gasteiger partial charge in [0.25, 0.3) is 5.91 Å². The molecule has 0 saturated carbocycles. The Morgan fingerprint density at radius 1 is 1.09 bits per heavy atom. The molecule has 122 valence electrons. The van der Waals surface area contributed by atoms with Gasteiger partial charge in [-0.2, -0.15) is 4.31 Å². The molecule has 0 spiro atoms. The molecule has 1 amide bonds. The van der Waals surface area contributed by atoms with Gasteiger partial charge in [0.1, 0.15) is 0 Å². The van der Waals surface area contributed by atoms with E-state index in [0.29, 0.717) is 11.3 Å². The van der Waals surface area contributed by atoms with Crippen molar-refractivity contribution < 1.29 is 13.2 Å². The number of aromatic nitrogens is 1. The van der Waals surface area contributed by atoms with E-state index < -0.39 is 10.0 Å². The average molecular weight is 333 g/mol. The second kappa shape index (κ2) is 6.89. The van der Waals surface area contributed by atoms with Crippen LogP contribution in [0.15, 0.2) is 53.7 Å². The van der Waals surface area contributed by atoms with E-state index in [-0.39, 0.29) is 16.8 Å². The molecule has 0 unspecified atom stereocenters. The van der Waals surface area contributed by atoms with Gasteiger partial charge >= 0.3 is 0 Å².